The lowest BCUT2D eigenvalue weighted by molar-refractivity contribution is -0.152. The molecule has 1 aromatic heterocycles. The van der Waals surface area contributed by atoms with Gasteiger partial charge in [0.15, 0.2) is 0 Å². The van der Waals surface area contributed by atoms with E-state index in [2.05, 4.69) is 31.8 Å². The average molecular weight is 429 g/mol. The number of alkyl halides is 2. The molecule has 0 saturated heterocycles. The molecule has 31 heavy (non-hydrogen) atoms. The minimum Gasteiger partial charge on any atom is -0.265 e. The summed E-state index contributed by atoms with van der Waals surface area (Å²) in [7, 11) is 0. The van der Waals surface area contributed by atoms with E-state index in [1.54, 1.807) is 6.20 Å². The second kappa shape index (κ2) is 7.32. The Labute approximate surface area is 186 Å². The number of nitrogens with zero attached hydrogens (tertiary/aromatic N) is 2. The normalized spacial score (nSPS) is 44.8. The Bertz CT molecular complexity index is 869. The van der Waals surface area contributed by atoms with E-state index in [4.69, 9.17) is 6.42 Å². The van der Waals surface area contributed by atoms with Crippen LogP contribution in [0.4, 0.5) is 8.78 Å². The Morgan fingerprint density at radius 1 is 1.10 bits per heavy atom. The van der Waals surface area contributed by atoms with Gasteiger partial charge in [-0.2, -0.15) is 5.10 Å². The van der Waals surface area contributed by atoms with Crippen LogP contribution in [0, 0.1) is 58.7 Å². The summed E-state index contributed by atoms with van der Waals surface area (Å²) in [5, 5.41) is 4.09. The summed E-state index contributed by atoms with van der Waals surface area (Å²) in [5.74, 6) is 2.73. The second-order valence-electron chi connectivity index (χ2n) is 12.1. The van der Waals surface area contributed by atoms with E-state index in [1.807, 2.05) is 0 Å². The van der Waals surface area contributed by atoms with Gasteiger partial charge in [-0.25, -0.2) is 8.78 Å². The molecule has 0 spiro atoms. The number of fused-ring (bicyclic) bond motifs is 5. The highest BCUT2D eigenvalue weighted by Gasteiger charge is 2.63. The summed E-state index contributed by atoms with van der Waals surface area (Å²) < 4.78 is 32.6. The van der Waals surface area contributed by atoms with Crippen molar-refractivity contribution < 1.29 is 8.78 Å². The number of aromatic nitrogens is 2. The molecule has 8 atom stereocenters. The first-order chi connectivity index (χ1) is 14.7. The Kier molecular flexibility index (Phi) is 5.07. The number of terminal acetylenes is 1. The molecule has 5 rings (SSSR count). The van der Waals surface area contributed by atoms with Crippen molar-refractivity contribution in [2.75, 3.05) is 0 Å². The van der Waals surface area contributed by atoms with Crippen molar-refractivity contribution in [2.45, 2.75) is 91.0 Å². The van der Waals surface area contributed by atoms with Crippen molar-refractivity contribution in [3.8, 4) is 12.3 Å². The van der Waals surface area contributed by atoms with E-state index >= 15 is 8.78 Å². The molecule has 0 bridgehead atoms. The Balaban J connectivity index is 1.36. The molecule has 0 aliphatic heterocycles. The van der Waals surface area contributed by atoms with Crippen LogP contribution in [0.2, 0.25) is 0 Å². The largest absolute Gasteiger partial charge is 0.270 e. The van der Waals surface area contributed by atoms with E-state index in [-0.39, 0.29) is 12.0 Å². The highest BCUT2D eigenvalue weighted by Crippen LogP contribution is 2.68. The van der Waals surface area contributed by atoms with Gasteiger partial charge in [0.1, 0.15) is 6.54 Å². The number of hydrogen-bond donors (Lipinski definition) is 0. The predicted molar refractivity (Wildman–Crippen MR) is 119 cm³/mol. The van der Waals surface area contributed by atoms with Crippen molar-refractivity contribution in [1.82, 2.24) is 9.78 Å². The van der Waals surface area contributed by atoms with Crippen LogP contribution in [0.15, 0.2) is 12.4 Å². The first-order valence-corrected chi connectivity index (χ1v) is 12.5. The monoisotopic (exact) mass is 428 g/mol. The number of halogens is 2. The van der Waals surface area contributed by atoms with E-state index in [1.165, 1.54) is 43.0 Å². The molecule has 4 aliphatic rings. The number of hydrogen-bond acceptors (Lipinski definition) is 1. The summed E-state index contributed by atoms with van der Waals surface area (Å²) >= 11 is 0. The second-order valence-corrected chi connectivity index (χ2v) is 12.1. The molecule has 2 nitrogen and oxygen atoms in total. The molecular formula is C27H38F2N2. The molecule has 4 fully saturated rings. The third-order valence-electron chi connectivity index (χ3n) is 10.4. The average Bonchev–Trinajstić information content (AvgIpc) is 3.30. The van der Waals surface area contributed by atoms with Crippen molar-refractivity contribution in [3.05, 3.63) is 18.0 Å². The fourth-order valence-corrected chi connectivity index (χ4v) is 9.15. The standard InChI is InChI=1S/C27H38F2N2/c1-5-19-15-30-31(16-19)17-27(28,29)24-9-8-23-21-10-12-25(3)14-18(2)6-7-22(25)20(21)11-13-26(23,24)4/h1,15-16,18,20-24H,6-14,17H2,2-4H3/t18-,20?,21+,22+,23?,24-,25+,26-/m0/s1. The van der Waals surface area contributed by atoms with E-state index in [9.17, 15) is 0 Å². The van der Waals surface area contributed by atoms with Crippen LogP contribution in [0.25, 0.3) is 0 Å². The van der Waals surface area contributed by atoms with Gasteiger partial charge in [-0.3, -0.25) is 4.68 Å². The van der Waals surface area contributed by atoms with Crippen LogP contribution in [0.1, 0.15) is 84.1 Å². The van der Waals surface area contributed by atoms with Crippen LogP contribution < -0.4 is 0 Å². The Morgan fingerprint density at radius 2 is 1.81 bits per heavy atom. The van der Waals surface area contributed by atoms with Crippen molar-refractivity contribution in [3.63, 3.8) is 0 Å². The maximum Gasteiger partial charge on any atom is 0.270 e. The molecule has 4 heteroatoms. The van der Waals surface area contributed by atoms with E-state index in [0.29, 0.717) is 29.2 Å². The molecule has 0 aromatic carbocycles. The minimum absolute atomic E-state index is 0.248. The zero-order chi connectivity index (χ0) is 22.0. The molecule has 1 heterocycles. The molecule has 0 amide bonds. The van der Waals surface area contributed by atoms with Gasteiger partial charge in [-0.05, 0) is 91.8 Å². The summed E-state index contributed by atoms with van der Waals surface area (Å²) in [6.45, 7) is 6.80. The van der Waals surface area contributed by atoms with Crippen LogP contribution in [-0.2, 0) is 6.54 Å². The highest BCUT2D eigenvalue weighted by atomic mass is 19.3. The van der Waals surface area contributed by atoms with Crippen LogP contribution in [-0.4, -0.2) is 15.7 Å². The highest BCUT2D eigenvalue weighted by molar-refractivity contribution is 5.26. The Hall–Kier alpha value is -1.37. The fraction of sp³-hybridized carbons (Fsp3) is 0.815. The predicted octanol–water partition coefficient (Wildman–Crippen LogP) is 6.79. The minimum atomic E-state index is -2.75. The van der Waals surface area contributed by atoms with Gasteiger partial charge in [0, 0.05) is 12.1 Å². The van der Waals surface area contributed by atoms with Crippen molar-refractivity contribution >= 4 is 0 Å². The third kappa shape index (κ3) is 3.37. The molecule has 2 unspecified atom stereocenters. The van der Waals surface area contributed by atoms with Gasteiger partial charge < -0.3 is 0 Å². The first-order valence-electron chi connectivity index (χ1n) is 12.5. The van der Waals surface area contributed by atoms with Gasteiger partial charge in [0.2, 0.25) is 0 Å². The molecule has 4 saturated carbocycles. The fourth-order valence-electron chi connectivity index (χ4n) is 9.15. The summed E-state index contributed by atoms with van der Waals surface area (Å²) in [4.78, 5) is 0. The zero-order valence-electron chi connectivity index (χ0n) is 19.4. The van der Waals surface area contributed by atoms with Gasteiger partial charge in [-0.15, -0.1) is 6.42 Å². The van der Waals surface area contributed by atoms with Gasteiger partial charge in [0.05, 0.1) is 11.8 Å². The van der Waals surface area contributed by atoms with Crippen LogP contribution >= 0.6 is 0 Å². The van der Waals surface area contributed by atoms with E-state index < -0.39 is 11.8 Å². The van der Waals surface area contributed by atoms with Crippen molar-refractivity contribution in [2.24, 2.45) is 46.3 Å². The molecule has 0 radical (unpaired) electrons. The molecule has 170 valence electrons. The van der Waals surface area contributed by atoms with Gasteiger partial charge in [-0.1, -0.05) is 33.1 Å². The molecule has 1 aromatic rings. The molecule has 4 aliphatic carbocycles. The third-order valence-corrected chi connectivity index (χ3v) is 10.4. The summed E-state index contributed by atoms with van der Waals surface area (Å²) in [5.41, 5.74) is 0.810. The zero-order valence-corrected chi connectivity index (χ0v) is 19.4. The quantitative estimate of drug-likeness (QED) is 0.484. The lowest BCUT2D eigenvalue weighted by Crippen LogP contribution is -2.53. The van der Waals surface area contributed by atoms with Gasteiger partial charge in [0.25, 0.3) is 5.92 Å². The van der Waals surface area contributed by atoms with Crippen LogP contribution in [0.3, 0.4) is 0 Å². The molecular weight excluding hydrogens is 390 g/mol. The summed E-state index contributed by atoms with van der Waals surface area (Å²) in [6, 6.07) is 0. The Morgan fingerprint density at radius 3 is 2.55 bits per heavy atom. The topological polar surface area (TPSA) is 17.8 Å². The summed E-state index contributed by atoms with van der Waals surface area (Å²) in [6.07, 6.45) is 18.9. The maximum atomic E-state index is 15.6. The lowest BCUT2D eigenvalue weighted by Gasteiger charge is -2.60. The number of rotatable bonds is 3. The van der Waals surface area contributed by atoms with Crippen LogP contribution in [0.5, 0.6) is 0 Å². The maximum absolute atomic E-state index is 15.6. The van der Waals surface area contributed by atoms with Gasteiger partial charge >= 0.3 is 0 Å². The molecule has 0 N–H and O–H groups in total. The van der Waals surface area contributed by atoms with E-state index in [0.717, 1.165) is 37.0 Å². The SMILES string of the molecule is C#Cc1cnn(CC(F)(F)[C@H]2CCC3[C@@H]4CC[C@]5(C)C[C@@H](C)CC[C@@H]5C4CC[C@@]32C)c1. The first kappa shape index (κ1) is 21.5. The lowest BCUT2D eigenvalue weighted by atomic mass is 9.45. The van der Waals surface area contributed by atoms with Crippen molar-refractivity contribution in [1.29, 1.82) is 0 Å². The smallest absolute Gasteiger partial charge is 0.265 e.